The Labute approximate surface area is 110 Å². The molecule has 3 N–H and O–H groups in total. The summed E-state index contributed by atoms with van der Waals surface area (Å²) in [4.78, 5) is 14.5. The number of hydrogen-bond acceptors (Lipinski definition) is 3. The van der Waals surface area contributed by atoms with E-state index in [0.29, 0.717) is 18.4 Å². The van der Waals surface area contributed by atoms with Crippen LogP contribution in [-0.4, -0.2) is 44.0 Å². The van der Waals surface area contributed by atoms with Crippen LogP contribution >= 0.6 is 0 Å². The van der Waals surface area contributed by atoms with Gasteiger partial charge in [0.15, 0.2) is 0 Å². The first-order chi connectivity index (χ1) is 8.70. The van der Waals surface area contributed by atoms with Gasteiger partial charge in [-0.05, 0) is 64.2 Å². The van der Waals surface area contributed by atoms with Crippen LogP contribution in [0.15, 0.2) is 0 Å². The van der Waals surface area contributed by atoms with Gasteiger partial charge >= 0.3 is 0 Å². The second-order valence-electron chi connectivity index (χ2n) is 6.02. The zero-order chi connectivity index (χ0) is 13.0. The lowest BCUT2D eigenvalue weighted by Gasteiger charge is -2.29. The van der Waals surface area contributed by atoms with Crippen molar-refractivity contribution >= 4 is 5.91 Å². The second kappa shape index (κ2) is 6.53. The fourth-order valence-corrected chi connectivity index (χ4v) is 3.31. The molecule has 0 aromatic heterocycles. The highest BCUT2D eigenvalue weighted by atomic mass is 16.1. The van der Waals surface area contributed by atoms with Crippen LogP contribution in [0, 0.1) is 17.8 Å². The quantitative estimate of drug-likeness (QED) is 0.780. The van der Waals surface area contributed by atoms with Crippen molar-refractivity contribution < 1.29 is 4.79 Å². The van der Waals surface area contributed by atoms with E-state index in [1.807, 2.05) is 0 Å². The van der Waals surface area contributed by atoms with Gasteiger partial charge in [0, 0.05) is 12.5 Å². The molecule has 0 aromatic carbocycles. The molecular weight excluding hydrogens is 226 g/mol. The molecule has 0 spiro atoms. The lowest BCUT2D eigenvalue weighted by atomic mass is 9.94. The summed E-state index contributed by atoms with van der Waals surface area (Å²) >= 11 is 0. The summed E-state index contributed by atoms with van der Waals surface area (Å²) in [6, 6.07) is 0. The molecule has 2 aliphatic rings. The maximum atomic E-state index is 12.1. The van der Waals surface area contributed by atoms with Gasteiger partial charge in [-0.3, -0.25) is 4.79 Å². The predicted molar refractivity (Wildman–Crippen MR) is 73.1 cm³/mol. The van der Waals surface area contributed by atoms with E-state index in [1.165, 1.54) is 12.8 Å². The molecule has 2 atom stereocenters. The smallest absolute Gasteiger partial charge is 0.223 e. The molecular formula is C14H27N3O. The zero-order valence-corrected chi connectivity index (χ0v) is 11.5. The largest absolute Gasteiger partial charge is 0.356 e. The Morgan fingerprint density at radius 1 is 1.28 bits per heavy atom. The van der Waals surface area contributed by atoms with Crippen LogP contribution in [-0.2, 0) is 4.79 Å². The summed E-state index contributed by atoms with van der Waals surface area (Å²) in [5.41, 5.74) is 5.73. The molecule has 4 nitrogen and oxygen atoms in total. The average Bonchev–Trinajstić information content (AvgIpc) is 2.86. The summed E-state index contributed by atoms with van der Waals surface area (Å²) in [7, 11) is 2.17. The highest BCUT2D eigenvalue weighted by Crippen LogP contribution is 2.31. The topological polar surface area (TPSA) is 58.4 Å². The summed E-state index contributed by atoms with van der Waals surface area (Å²) in [5, 5.41) is 3.16. The van der Waals surface area contributed by atoms with Crippen molar-refractivity contribution in [3.63, 3.8) is 0 Å². The lowest BCUT2D eigenvalue weighted by molar-refractivity contribution is -0.126. The van der Waals surface area contributed by atoms with E-state index in [2.05, 4.69) is 17.3 Å². The number of nitrogens with two attached hydrogens (primary N) is 1. The third kappa shape index (κ3) is 3.45. The van der Waals surface area contributed by atoms with Gasteiger partial charge < -0.3 is 16.0 Å². The minimum Gasteiger partial charge on any atom is -0.356 e. The molecule has 104 valence electrons. The van der Waals surface area contributed by atoms with E-state index in [-0.39, 0.29) is 11.8 Å². The number of likely N-dealkylation sites (tertiary alicyclic amines) is 1. The minimum atomic E-state index is 0.182. The number of carbonyl (C=O) groups excluding carboxylic acids is 1. The number of nitrogens with zero attached hydrogens (tertiary/aromatic N) is 1. The Morgan fingerprint density at radius 3 is 2.67 bits per heavy atom. The van der Waals surface area contributed by atoms with E-state index in [0.717, 1.165) is 38.9 Å². The van der Waals surface area contributed by atoms with E-state index in [4.69, 9.17) is 5.73 Å². The van der Waals surface area contributed by atoms with Crippen LogP contribution in [0.1, 0.15) is 32.1 Å². The maximum absolute atomic E-state index is 12.1. The van der Waals surface area contributed by atoms with E-state index in [1.54, 1.807) is 0 Å². The van der Waals surface area contributed by atoms with Gasteiger partial charge in [0.25, 0.3) is 0 Å². The Morgan fingerprint density at radius 2 is 2.00 bits per heavy atom. The Kier molecular flexibility index (Phi) is 5.01. The van der Waals surface area contributed by atoms with Crippen molar-refractivity contribution in [1.82, 2.24) is 10.2 Å². The highest BCUT2D eigenvalue weighted by Gasteiger charge is 2.32. The molecule has 4 heteroatoms. The molecule has 2 unspecified atom stereocenters. The average molecular weight is 253 g/mol. The number of piperidine rings is 1. The van der Waals surface area contributed by atoms with E-state index in [9.17, 15) is 4.79 Å². The summed E-state index contributed by atoms with van der Waals surface area (Å²) < 4.78 is 0. The first-order valence-electron chi connectivity index (χ1n) is 7.37. The van der Waals surface area contributed by atoms with Gasteiger partial charge in [-0.25, -0.2) is 0 Å². The minimum absolute atomic E-state index is 0.182. The summed E-state index contributed by atoms with van der Waals surface area (Å²) in [5.74, 6) is 1.52. The number of nitrogens with one attached hydrogen (secondary N) is 1. The Balaban J connectivity index is 1.71. The number of amides is 1. The molecule has 2 rings (SSSR count). The lowest BCUT2D eigenvalue weighted by Crippen LogP contribution is -2.40. The number of carbonyl (C=O) groups is 1. The van der Waals surface area contributed by atoms with E-state index < -0.39 is 0 Å². The fraction of sp³-hybridized carbons (Fsp3) is 0.929. The van der Waals surface area contributed by atoms with Crippen molar-refractivity contribution in [1.29, 1.82) is 0 Å². The molecule has 18 heavy (non-hydrogen) atoms. The SMILES string of the molecule is CN1CCC(CNC(=O)C2CCCC2CN)CC1. The van der Waals surface area contributed by atoms with Gasteiger partial charge in [0.1, 0.15) is 0 Å². The van der Waals surface area contributed by atoms with Gasteiger partial charge in [-0.1, -0.05) is 6.42 Å². The zero-order valence-electron chi connectivity index (χ0n) is 11.5. The molecule has 1 heterocycles. The predicted octanol–water partition coefficient (Wildman–Crippen LogP) is 0.819. The fourth-order valence-electron chi connectivity index (χ4n) is 3.31. The van der Waals surface area contributed by atoms with Crippen LogP contribution in [0.2, 0.25) is 0 Å². The van der Waals surface area contributed by atoms with Crippen molar-refractivity contribution in [3.8, 4) is 0 Å². The van der Waals surface area contributed by atoms with Gasteiger partial charge in [-0.2, -0.15) is 0 Å². The molecule has 0 radical (unpaired) electrons. The number of hydrogen-bond donors (Lipinski definition) is 2. The third-order valence-electron chi connectivity index (χ3n) is 4.70. The standard InChI is InChI=1S/C14H27N3O/c1-17-7-5-11(6-8-17)10-16-14(18)13-4-2-3-12(13)9-15/h11-13H,2-10,15H2,1H3,(H,16,18). The summed E-state index contributed by atoms with van der Waals surface area (Å²) in [6.07, 6.45) is 5.74. The second-order valence-corrected chi connectivity index (χ2v) is 6.02. The van der Waals surface area contributed by atoms with Crippen LogP contribution in [0.4, 0.5) is 0 Å². The monoisotopic (exact) mass is 253 g/mol. The van der Waals surface area contributed by atoms with Crippen LogP contribution < -0.4 is 11.1 Å². The third-order valence-corrected chi connectivity index (χ3v) is 4.70. The molecule has 1 saturated carbocycles. The van der Waals surface area contributed by atoms with Gasteiger partial charge in [0.2, 0.25) is 5.91 Å². The molecule has 0 aromatic rings. The van der Waals surface area contributed by atoms with Crippen molar-refractivity contribution in [2.24, 2.45) is 23.5 Å². The molecule has 1 aliphatic carbocycles. The maximum Gasteiger partial charge on any atom is 0.223 e. The van der Waals surface area contributed by atoms with Crippen LogP contribution in [0.25, 0.3) is 0 Å². The molecule has 1 amide bonds. The van der Waals surface area contributed by atoms with Crippen molar-refractivity contribution in [3.05, 3.63) is 0 Å². The Bertz CT molecular complexity index is 274. The van der Waals surface area contributed by atoms with Crippen molar-refractivity contribution in [2.75, 3.05) is 33.2 Å². The Hall–Kier alpha value is -0.610. The van der Waals surface area contributed by atoms with Gasteiger partial charge in [0.05, 0.1) is 0 Å². The summed E-state index contributed by atoms with van der Waals surface area (Å²) in [6.45, 7) is 3.84. The molecule has 2 fully saturated rings. The normalized spacial score (nSPS) is 30.6. The van der Waals surface area contributed by atoms with Crippen LogP contribution in [0.3, 0.4) is 0 Å². The molecule has 1 aliphatic heterocycles. The van der Waals surface area contributed by atoms with E-state index >= 15 is 0 Å². The number of rotatable bonds is 4. The first-order valence-corrected chi connectivity index (χ1v) is 7.37. The molecule has 1 saturated heterocycles. The van der Waals surface area contributed by atoms with Crippen molar-refractivity contribution in [2.45, 2.75) is 32.1 Å². The van der Waals surface area contributed by atoms with Crippen LogP contribution in [0.5, 0.6) is 0 Å². The first kappa shape index (κ1) is 13.8. The molecule has 0 bridgehead atoms. The van der Waals surface area contributed by atoms with Gasteiger partial charge in [-0.15, -0.1) is 0 Å². The highest BCUT2D eigenvalue weighted by molar-refractivity contribution is 5.79.